The highest BCUT2D eigenvalue weighted by Crippen LogP contribution is 2.31. The van der Waals surface area contributed by atoms with E-state index in [2.05, 4.69) is 15.3 Å². The molecule has 2 heterocycles. The van der Waals surface area contributed by atoms with E-state index in [1.54, 1.807) is 35.6 Å². The summed E-state index contributed by atoms with van der Waals surface area (Å²) in [6, 6.07) is 27.8. The number of pyridine rings is 1. The average molecular weight is 605 g/mol. The van der Waals surface area contributed by atoms with Gasteiger partial charge in [-0.2, -0.15) is 0 Å². The Morgan fingerprint density at radius 3 is 2.29 bits per heavy atom. The third-order valence-corrected chi connectivity index (χ3v) is 7.67. The van der Waals surface area contributed by atoms with Gasteiger partial charge in [0.2, 0.25) is 12.1 Å². The normalized spacial score (nSPS) is 14.9. The predicted molar refractivity (Wildman–Crippen MR) is 166 cm³/mol. The summed E-state index contributed by atoms with van der Waals surface area (Å²) in [7, 11) is 0. The Balaban J connectivity index is 1.33. The number of hydrogen-bond donors (Lipinski definition) is 1. The van der Waals surface area contributed by atoms with E-state index in [1.807, 2.05) is 48.5 Å². The number of benzodiazepines with no additional fused rings is 1. The van der Waals surface area contributed by atoms with Crippen molar-refractivity contribution in [2.45, 2.75) is 25.0 Å². The molecule has 1 aliphatic rings. The molecule has 0 saturated heterocycles. The lowest BCUT2D eigenvalue weighted by Crippen LogP contribution is -2.48. The van der Waals surface area contributed by atoms with Crippen LogP contribution in [0.15, 0.2) is 121 Å². The molecule has 2 atom stereocenters. The molecule has 1 unspecified atom stereocenters. The van der Waals surface area contributed by atoms with Gasteiger partial charge in [-0.15, -0.1) is 0 Å². The molecular formula is C36H27F3N4O2. The number of rotatable bonds is 8. The monoisotopic (exact) mass is 604 g/mol. The molecule has 5 aromatic rings. The van der Waals surface area contributed by atoms with Gasteiger partial charge in [0.25, 0.3) is 5.91 Å². The van der Waals surface area contributed by atoms with Crippen molar-refractivity contribution in [3.63, 3.8) is 0 Å². The highest BCUT2D eigenvalue weighted by atomic mass is 19.2. The number of nitrogens with zero attached hydrogens (tertiary/aromatic N) is 3. The summed E-state index contributed by atoms with van der Waals surface area (Å²) in [6.07, 6.45) is 3.52. The van der Waals surface area contributed by atoms with Gasteiger partial charge in [0.05, 0.1) is 18.2 Å². The first-order valence-electron chi connectivity index (χ1n) is 14.3. The van der Waals surface area contributed by atoms with E-state index in [-0.39, 0.29) is 13.0 Å². The first-order chi connectivity index (χ1) is 21.9. The van der Waals surface area contributed by atoms with Crippen LogP contribution in [0.3, 0.4) is 0 Å². The molecule has 1 aliphatic heterocycles. The van der Waals surface area contributed by atoms with Gasteiger partial charge in [-0.1, -0.05) is 60.7 Å². The highest BCUT2D eigenvalue weighted by molar-refractivity contribution is 6.07. The van der Waals surface area contributed by atoms with Crippen molar-refractivity contribution in [3.8, 4) is 11.1 Å². The molecule has 0 spiro atoms. The van der Waals surface area contributed by atoms with Crippen LogP contribution in [0.4, 0.5) is 18.9 Å². The summed E-state index contributed by atoms with van der Waals surface area (Å²) in [4.78, 5) is 38.2. The largest absolute Gasteiger partial charge is 0.326 e. The Morgan fingerprint density at radius 1 is 0.800 bits per heavy atom. The summed E-state index contributed by atoms with van der Waals surface area (Å²) in [5.74, 6) is -4.55. The second kappa shape index (κ2) is 13.0. The molecule has 6 rings (SSSR count). The number of hydrogen-bond acceptors (Lipinski definition) is 4. The predicted octanol–water partition coefficient (Wildman–Crippen LogP) is 6.60. The van der Waals surface area contributed by atoms with Gasteiger partial charge >= 0.3 is 0 Å². The zero-order valence-electron chi connectivity index (χ0n) is 23.9. The second-order valence-corrected chi connectivity index (χ2v) is 10.7. The molecule has 2 amide bonds. The number of carbonyl (C=O) groups excluding carboxylic acids is 2. The number of anilines is 1. The fourth-order valence-corrected chi connectivity index (χ4v) is 5.31. The number of aliphatic imine (C=N–C) groups is 1. The third-order valence-electron chi connectivity index (χ3n) is 7.67. The van der Waals surface area contributed by atoms with Gasteiger partial charge in [0.15, 0.2) is 11.6 Å². The average Bonchev–Trinajstić information content (AvgIpc) is 3.18. The lowest BCUT2D eigenvalue weighted by Gasteiger charge is -2.27. The maximum Gasteiger partial charge on any atom is 0.272 e. The standard InChI is InChI=1S/C36H27F3N4O2/c37-29-11-9-26(10-12-29)30(18-24-6-13-31(38)32(39)19-24)35(44)42-34-36(45)43(22-23-14-16-40-17-15-23)33-20-27(7-8-28(33)21-41-34)25-4-2-1-3-5-25/h1-17,19-21,30,34H,18,22H2,(H,42,44)/t30-,34?/m1/s1. The Labute approximate surface area is 257 Å². The van der Waals surface area contributed by atoms with E-state index in [0.29, 0.717) is 22.4 Å². The first-order valence-corrected chi connectivity index (χ1v) is 14.3. The van der Waals surface area contributed by atoms with Crippen LogP contribution < -0.4 is 10.2 Å². The molecule has 0 fully saturated rings. The van der Waals surface area contributed by atoms with Crippen molar-refractivity contribution >= 4 is 23.7 Å². The summed E-state index contributed by atoms with van der Waals surface area (Å²) >= 11 is 0. The van der Waals surface area contributed by atoms with Crippen LogP contribution in [0.5, 0.6) is 0 Å². The molecule has 0 aliphatic carbocycles. The molecule has 0 radical (unpaired) electrons. The van der Waals surface area contributed by atoms with E-state index < -0.39 is 41.3 Å². The Morgan fingerprint density at radius 2 is 1.56 bits per heavy atom. The maximum atomic E-state index is 14.2. The minimum atomic E-state index is -1.29. The van der Waals surface area contributed by atoms with E-state index in [9.17, 15) is 22.8 Å². The van der Waals surface area contributed by atoms with Crippen LogP contribution in [-0.2, 0) is 22.6 Å². The lowest BCUT2D eigenvalue weighted by atomic mass is 9.91. The van der Waals surface area contributed by atoms with Crippen molar-refractivity contribution in [2.75, 3.05) is 4.90 Å². The Hall–Kier alpha value is -5.57. The van der Waals surface area contributed by atoms with Crippen LogP contribution in [0.25, 0.3) is 11.1 Å². The van der Waals surface area contributed by atoms with Crippen LogP contribution in [0.1, 0.15) is 28.2 Å². The minimum Gasteiger partial charge on any atom is -0.326 e. The van der Waals surface area contributed by atoms with E-state index >= 15 is 0 Å². The summed E-state index contributed by atoms with van der Waals surface area (Å²) < 4.78 is 41.4. The molecule has 0 saturated carbocycles. The van der Waals surface area contributed by atoms with E-state index in [1.165, 1.54) is 30.3 Å². The van der Waals surface area contributed by atoms with Gasteiger partial charge < -0.3 is 10.2 Å². The van der Waals surface area contributed by atoms with Crippen molar-refractivity contribution in [3.05, 3.63) is 155 Å². The smallest absolute Gasteiger partial charge is 0.272 e. The highest BCUT2D eigenvalue weighted by Gasteiger charge is 2.33. The number of halogens is 3. The van der Waals surface area contributed by atoms with Gasteiger partial charge in [0, 0.05) is 24.2 Å². The third kappa shape index (κ3) is 6.67. The fraction of sp³-hybridized carbons (Fsp3) is 0.111. The van der Waals surface area contributed by atoms with E-state index in [4.69, 9.17) is 0 Å². The van der Waals surface area contributed by atoms with Crippen LogP contribution in [-0.4, -0.2) is 29.2 Å². The summed E-state index contributed by atoms with van der Waals surface area (Å²) in [6.45, 7) is 0.193. The topological polar surface area (TPSA) is 74.7 Å². The molecule has 4 aromatic carbocycles. The van der Waals surface area contributed by atoms with Crippen LogP contribution >= 0.6 is 0 Å². The molecule has 224 valence electrons. The molecule has 1 N–H and O–H groups in total. The number of fused-ring (bicyclic) bond motifs is 1. The van der Waals surface area contributed by atoms with Gasteiger partial charge in [0.1, 0.15) is 5.82 Å². The lowest BCUT2D eigenvalue weighted by molar-refractivity contribution is -0.128. The van der Waals surface area contributed by atoms with Crippen LogP contribution in [0, 0.1) is 17.5 Å². The van der Waals surface area contributed by atoms with Gasteiger partial charge in [-0.05, 0) is 76.7 Å². The van der Waals surface area contributed by atoms with Crippen molar-refractivity contribution in [1.29, 1.82) is 0 Å². The van der Waals surface area contributed by atoms with Crippen molar-refractivity contribution < 1.29 is 22.8 Å². The SMILES string of the molecule is O=C(NC1N=Cc2ccc(-c3ccccc3)cc2N(Cc2ccncc2)C1=O)[C@H](Cc1ccc(F)c(F)c1)c1ccc(F)cc1. The second-order valence-electron chi connectivity index (χ2n) is 10.7. The van der Waals surface area contributed by atoms with Crippen LogP contribution in [0.2, 0.25) is 0 Å². The zero-order valence-corrected chi connectivity index (χ0v) is 23.9. The maximum absolute atomic E-state index is 14.2. The van der Waals surface area contributed by atoms with Gasteiger partial charge in [-0.3, -0.25) is 19.6 Å². The van der Waals surface area contributed by atoms with Crippen molar-refractivity contribution in [1.82, 2.24) is 10.3 Å². The minimum absolute atomic E-state index is 0.0271. The van der Waals surface area contributed by atoms with E-state index in [0.717, 1.165) is 28.8 Å². The molecule has 6 nitrogen and oxygen atoms in total. The fourth-order valence-electron chi connectivity index (χ4n) is 5.31. The molecular weight excluding hydrogens is 577 g/mol. The summed E-state index contributed by atoms with van der Waals surface area (Å²) in [5, 5.41) is 2.76. The number of aromatic nitrogens is 1. The number of nitrogens with one attached hydrogen (secondary N) is 1. The first kappa shape index (κ1) is 29.5. The van der Waals surface area contributed by atoms with Gasteiger partial charge in [-0.25, -0.2) is 13.2 Å². The molecule has 45 heavy (non-hydrogen) atoms. The molecule has 1 aromatic heterocycles. The zero-order chi connectivity index (χ0) is 31.3. The molecule has 0 bridgehead atoms. The summed E-state index contributed by atoms with van der Waals surface area (Å²) in [5.41, 5.74) is 4.80. The van der Waals surface area contributed by atoms with Crippen molar-refractivity contribution in [2.24, 2.45) is 4.99 Å². The Bertz CT molecular complexity index is 1870. The number of amides is 2. The quantitative estimate of drug-likeness (QED) is 0.217. The number of benzene rings is 4. The Kier molecular flexibility index (Phi) is 8.50. The molecule has 9 heteroatoms. The number of carbonyl (C=O) groups is 2.